The van der Waals surface area contributed by atoms with Gasteiger partial charge in [-0.05, 0) is 42.7 Å². The normalized spacial score (nSPS) is 15.6. The molecule has 2 N–H and O–H groups in total. The van der Waals surface area contributed by atoms with Crippen molar-refractivity contribution in [2.45, 2.75) is 31.2 Å². The van der Waals surface area contributed by atoms with E-state index >= 15 is 0 Å². The molecule has 0 unspecified atom stereocenters. The topological polar surface area (TPSA) is 30.9 Å². The van der Waals surface area contributed by atoms with Crippen molar-refractivity contribution >= 4 is 28.4 Å². The molecule has 2 aromatic rings. The SMILES string of the molecule is CCSc1cc(N)cc2c1ccn2CC1CC1. The minimum atomic E-state index is 0.879. The van der Waals surface area contributed by atoms with Crippen LogP contribution in [0.25, 0.3) is 10.9 Å². The Morgan fingerprint density at radius 1 is 1.41 bits per heavy atom. The Hall–Kier alpha value is -1.09. The zero-order valence-corrected chi connectivity index (χ0v) is 11.0. The highest BCUT2D eigenvalue weighted by Crippen LogP contribution is 2.35. The van der Waals surface area contributed by atoms with Crippen LogP contribution in [0.5, 0.6) is 0 Å². The van der Waals surface area contributed by atoms with Crippen LogP contribution in [0.4, 0.5) is 5.69 Å². The Labute approximate surface area is 106 Å². The molecule has 1 heterocycles. The van der Waals surface area contributed by atoms with E-state index in [4.69, 9.17) is 5.73 Å². The number of benzene rings is 1. The highest BCUT2D eigenvalue weighted by molar-refractivity contribution is 7.99. The average molecular weight is 246 g/mol. The number of nitrogens with two attached hydrogens (primary N) is 1. The summed E-state index contributed by atoms with van der Waals surface area (Å²) >= 11 is 1.87. The van der Waals surface area contributed by atoms with Gasteiger partial charge in [-0.15, -0.1) is 11.8 Å². The molecule has 1 aliphatic carbocycles. The molecule has 1 fully saturated rings. The monoisotopic (exact) mass is 246 g/mol. The van der Waals surface area contributed by atoms with Gasteiger partial charge < -0.3 is 10.3 Å². The highest BCUT2D eigenvalue weighted by Gasteiger charge is 2.22. The van der Waals surface area contributed by atoms with E-state index in [2.05, 4.69) is 35.9 Å². The Kier molecular flexibility index (Phi) is 2.79. The molecule has 1 aliphatic rings. The summed E-state index contributed by atoms with van der Waals surface area (Å²) in [5.74, 6) is 1.99. The van der Waals surface area contributed by atoms with E-state index in [-0.39, 0.29) is 0 Å². The standard InChI is InChI=1S/C14H18N2S/c1-2-17-14-8-11(15)7-13-12(14)5-6-16(13)9-10-3-4-10/h5-8,10H,2-4,9,15H2,1H3. The molecule has 3 heteroatoms. The minimum absolute atomic E-state index is 0.879. The molecular formula is C14H18N2S. The molecule has 0 amide bonds. The Balaban J connectivity index is 2.06. The third kappa shape index (κ3) is 2.16. The smallest absolute Gasteiger partial charge is 0.0512 e. The maximum absolute atomic E-state index is 6.00. The van der Waals surface area contributed by atoms with Crippen LogP contribution in [0.3, 0.4) is 0 Å². The number of rotatable bonds is 4. The van der Waals surface area contributed by atoms with E-state index < -0.39 is 0 Å². The van der Waals surface area contributed by atoms with Crippen LogP contribution in [0, 0.1) is 5.92 Å². The minimum Gasteiger partial charge on any atom is -0.399 e. The average Bonchev–Trinajstić information content (AvgIpc) is 3.01. The molecule has 0 radical (unpaired) electrons. The molecule has 0 aliphatic heterocycles. The van der Waals surface area contributed by atoms with Crippen molar-refractivity contribution in [2.75, 3.05) is 11.5 Å². The van der Waals surface area contributed by atoms with Crippen molar-refractivity contribution in [3.05, 3.63) is 24.4 Å². The summed E-state index contributed by atoms with van der Waals surface area (Å²) in [6.07, 6.45) is 4.99. The second-order valence-electron chi connectivity index (χ2n) is 4.80. The molecule has 1 aromatic heterocycles. The van der Waals surface area contributed by atoms with Crippen LogP contribution in [0.1, 0.15) is 19.8 Å². The van der Waals surface area contributed by atoms with Crippen molar-refractivity contribution in [3.63, 3.8) is 0 Å². The largest absolute Gasteiger partial charge is 0.399 e. The predicted octanol–water partition coefficient (Wildman–Crippen LogP) is 3.75. The quantitative estimate of drug-likeness (QED) is 0.658. The first-order valence-corrected chi connectivity index (χ1v) is 7.27. The van der Waals surface area contributed by atoms with Gasteiger partial charge in [-0.3, -0.25) is 0 Å². The van der Waals surface area contributed by atoms with Gasteiger partial charge in [-0.25, -0.2) is 0 Å². The summed E-state index contributed by atoms with van der Waals surface area (Å²) in [5, 5.41) is 1.35. The second-order valence-corrected chi connectivity index (χ2v) is 6.10. The fourth-order valence-electron chi connectivity index (χ4n) is 2.30. The molecule has 0 atom stereocenters. The first kappa shape index (κ1) is 11.0. The summed E-state index contributed by atoms with van der Waals surface area (Å²) in [5.41, 5.74) is 8.18. The van der Waals surface area contributed by atoms with E-state index in [1.165, 1.54) is 28.6 Å². The molecule has 1 saturated carbocycles. The van der Waals surface area contributed by atoms with Crippen molar-refractivity contribution < 1.29 is 0 Å². The van der Waals surface area contributed by atoms with Crippen LogP contribution in [-0.4, -0.2) is 10.3 Å². The van der Waals surface area contributed by atoms with E-state index in [1.807, 2.05) is 11.8 Å². The zero-order valence-electron chi connectivity index (χ0n) is 10.1. The number of hydrogen-bond donors (Lipinski definition) is 1. The lowest BCUT2D eigenvalue weighted by molar-refractivity contribution is 0.647. The molecule has 1 aromatic carbocycles. The van der Waals surface area contributed by atoms with Gasteiger partial charge in [0.15, 0.2) is 0 Å². The molecule has 3 rings (SSSR count). The Morgan fingerprint density at radius 2 is 2.24 bits per heavy atom. The van der Waals surface area contributed by atoms with Crippen molar-refractivity contribution in [3.8, 4) is 0 Å². The van der Waals surface area contributed by atoms with Crippen LogP contribution in [0.2, 0.25) is 0 Å². The van der Waals surface area contributed by atoms with E-state index in [9.17, 15) is 0 Å². The number of nitrogen functional groups attached to an aromatic ring is 1. The van der Waals surface area contributed by atoms with Gasteiger partial charge in [0.25, 0.3) is 0 Å². The lowest BCUT2D eigenvalue weighted by Gasteiger charge is -2.07. The third-order valence-electron chi connectivity index (χ3n) is 3.32. The summed E-state index contributed by atoms with van der Waals surface area (Å²) < 4.78 is 2.36. The van der Waals surface area contributed by atoms with E-state index in [0.717, 1.165) is 23.9 Å². The number of fused-ring (bicyclic) bond motifs is 1. The van der Waals surface area contributed by atoms with Gasteiger partial charge in [0.1, 0.15) is 0 Å². The number of anilines is 1. The number of nitrogens with zero attached hydrogens (tertiary/aromatic N) is 1. The molecule has 17 heavy (non-hydrogen) atoms. The van der Waals surface area contributed by atoms with Crippen molar-refractivity contribution in [2.24, 2.45) is 5.92 Å². The summed E-state index contributed by atoms with van der Waals surface area (Å²) in [6, 6.07) is 6.44. The number of aromatic nitrogens is 1. The Morgan fingerprint density at radius 3 is 2.94 bits per heavy atom. The van der Waals surface area contributed by atoms with Crippen LogP contribution in [-0.2, 0) is 6.54 Å². The van der Waals surface area contributed by atoms with Crippen LogP contribution < -0.4 is 5.73 Å². The van der Waals surface area contributed by atoms with Gasteiger partial charge in [0, 0.05) is 28.7 Å². The fraction of sp³-hybridized carbons (Fsp3) is 0.429. The van der Waals surface area contributed by atoms with Gasteiger partial charge >= 0.3 is 0 Å². The van der Waals surface area contributed by atoms with Crippen LogP contribution in [0.15, 0.2) is 29.3 Å². The van der Waals surface area contributed by atoms with Crippen molar-refractivity contribution in [1.82, 2.24) is 4.57 Å². The maximum atomic E-state index is 6.00. The lowest BCUT2D eigenvalue weighted by Crippen LogP contribution is -1.98. The summed E-state index contributed by atoms with van der Waals surface area (Å²) in [6.45, 7) is 3.34. The van der Waals surface area contributed by atoms with Gasteiger partial charge in [-0.2, -0.15) is 0 Å². The lowest BCUT2D eigenvalue weighted by atomic mass is 10.2. The van der Waals surface area contributed by atoms with Crippen LogP contribution >= 0.6 is 11.8 Å². The molecule has 90 valence electrons. The molecule has 0 saturated heterocycles. The third-order valence-corrected chi connectivity index (χ3v) is 4.26. The van der Waals surface area contributed by atoms with Gasteiger partial charge in [0.05, 0.1) is 5.52 Å². The summed E-state index contributed by atoms with van der Waals surface area (Å²) in [7, 11) is 0. The maximum Gasteiger partial charge on any atom is 0.0512 e. The molecule has 0 bridgehead atoms. The van der Waals surface area contributed by atoms with E-state index in [0.29, 0.717) is 0 Å². The fourth-order valence-corrected chi connectivity index (χ4v) is 3.15. The number of hydrogen-bond acceptors (Lipinski definition) is 2. The predicted molar refractivity (Wildman–Crippen MR) is 75.5 cm³/mol. The van der Waals surface area contributed by atoms with Gasteiger partial charge in [0.2, 0.25) is 0 Å². The molecule has 2 nitrogen and oxygen atoms in total. The zero-order chi connectivity index (χ0) is 11.8. The first-order valence-electron chi connectivity index (χ1n) is 6.29. The highest BCUT2D eigenvalue weighted by atomic mass is 32.2. The first-order chi connectivity index (χ1) is 8.28. The van der Waals surface area contributed by atoms with Crippen molar-refractivity contribution in [1.29, 1.82) is 0 Å². The van der Waals surface area contributed by atoms with E-state index in [1.54, 1.807) is 0 Å². The summed E-state index contributed by atoms with van der Waals surface area (Å²) in [4.78, 5) is 1.32. The Bertz CT molecular complexity index is 540. The molecular weight excluding hydrogens is 228 g/mol. The van der Waals surface area contributed by atoms with Gasteiger partial charge in [-0.1, -0.05) is 6.92 Å². The number of thioether (sulfide) groups is 1. The second kappa shape index (κ2) is 4.30. The molecule has 0 spiro atoms.